The molecule has 0 saturated heterocycles. The van der Waals surface area contributed by atoms with Crippen molar-refractivity contribution in [2.75, 3.05) is 6.61 Å². The van der Waals surface area contributed by atoms with E-state index in [2.05, 4.69) is 14.0 Å². The van der Waals surface area contributed by atoms with Gasteiger partial charge in [-0.3, -0.25) is 0 Å². The minimum Gasteiger partial charge on any atom is -0.490 e. The van der Waals surface area contributed by atoms with Crippen LogP contribution >= 0.6 is 0 Å². The third kappa shape index (κ3) is 1.96. The van der Waals surface area contributed by atoms with Crippen molar-refractivity contribution in [3.8, 4) is 11.5 Å². The van der Waals surface area contributed by atoms with Crippen molar-refractivity contribution in [3.63, 3.8) is 0 Å². The average molecular weight is 215 g/mol. The SMILES string of the molecule is [CH2]Oc1c(OCCC)ccc2ccccc12. The summed E-state index contributed by atoms with van der Waals surface area (Å²) in [4.78, 5) is 0. The molecule has 16 heavy (non-hydrogen) atoms. The van der Waals surface area contributed by atoms with Gasteiger partial charge in [0.1, 0.15) is 7.11 Å². The van der Waals surface area contributed by atoms with Crippen LogP contribution in [-0.2, 0) is 0 Å². The number of rotatable bonds is 4. The van der Waals surface area contributed by atoms with Crippen LogP contribution in [-0.4, -0.2) is 6.61 Å². The molecule has 83 valence electrons. The summed E-state index contributed by atoms with van der Waals surface area (Å²) in [6.45, 7) is 2.76. The summed E-state index contributed by atoms with van der Waals surface area (Å²) in [6, 6.07) is 12.0. The molecule has 0 aliphatic carbocycles. The van der Waals surface area contributed by atoms with E-state index in [0.29, 0.717) is 12.4 Å². The van der Waals surface area contributed by atoms with Gasteiger partial charge in [0.25, 0.3) is 0 Å². The van der Waals surface area contributed by atoms with Crippen molar-refractivity contribution in [2.45, 2.75) is 13.3 Å². The number of hydrogen-bond donors (Lipinski definition) is 0. The zero-order valence-corrected chi connectivity index (χ0v) is 9.40. The van der Waals surface area contributed by atoms with Crippen molar-refractivity contribution in [3.05, 3.63) is 43.5 Å². The van der Waals surface area contributed by atoms with Gasteiger partial charge in [-0.2, -0.15) is 0 Å². The van der Waals surface area contributed by atoms with Crippen LogP contribution in [0, 0.1) is 7.11 Å². The molecule has 0 saturated carbocycles. The van der Waals surface area contributed by atoms with Gasteiger partial charge in [-0.1, -0.05) is 37.3 Å². The Morgan fingerprint density at radius 2 is 1.94 bits per heavy atom. The van der Waals surface area contributed by atoms with E-state index < -0.39 is 0 Å². The van der Waals surface area contributed by atoms with Gasteiger partial charge in [0.2, 0.25) is 0 Å². The van der Waals surface area contributed by atoms with E-state index >= 15 is 0 Å². The summed E-state index contributed by atoms with van der Waals surface area (Å²) in [5, 5.41) is 2.16. The first-order chi connectivity index (χ1) is 7.86. The Bertz CT molecular complexity index is 477. The monoisotopic (exact) mass is 215 g/mol. The molecule has 2 aromatic carbocycles. The predicted molar refractivity (Wildman–Crippen MR) is 65.7 cm³/mol. The molecule has 2 heteroatoms. The Labute approximate surface area is 95.8 Å². The van der Waals surface area contributed by atoms with E-state index in [0.717, 1.165) is 22.9 Å². The highest BCUT2D eigenvalue weighted by atomic mass is 16.5. The second-order valence-electron chi connectivity index (χ2n) is 3.61. The minimum absolute atomic E-state index is 0.689. The molecule has 0 atom stereocenters. The van der Waals surface area contributed by atoms with Crippen LogP contribution in [0.1, 0.15) is 13.3 Å². The molecule has 0 bridgehead atoms. The fourth-order valence-electron chi connectivity index (χ4n) is 1.70. The Kier molecular flexibility index (Phi) is 3.30. The van der Waals surface area contributed by atoms with Gasteiger partial charge in [0.05, 0.1) is 6.61 Å². The molecule has 0 heterocycles. The van der Waals surface area contributed by atoms with E-state index in [4.69, 9.17) is 9.47 Å². The third-order valence-electron chi connectivity index (χ3n) is 2.45. The number of ether oxygens (including phenoxy) is 2. The van der Waals surface area contributed by atoms with E-state index in [1.807, 2.05) is 36.4 Å². The fraction of sp³-hybridized carbons (Fsp3) is 0.214. The summed E-state index contributed by atoms with van der Waals surface area (Å²) in [5.41, 5.74) is 0. The lowest BCUT2D eigenvalue weighted by Gasteiger charge is -2.12. The Hall–Kier alpha value is -1.70. The largest absolute Gasteiger partial charge is 0.490 e. The van der Waals surface area contributed by atoms with Crippen molar-refractivity contribution in [1.29, 1.82) is 0 Å². The molecule has 2 aromatic rings. The normalized spacial score (nSPS) is 10.4. The Balaban J connectivity index is 2.50. The van der Waals surface area contributed by atoms with Crippen LogP contribution in [0.3, 0.4) is 0 Å². The lowest BCUT2D eigenvalue weighted by atomic mass is 10.1. The summed E-state index contributed by atoms with van der Waals surface area (Å²) < 4.78 is 10.8. The van der Waals surface area contributed by atoms with Gasteiger partial charge < -0.3 is 9.47 Å². The molecular formula is C14H15O2. The fourth-order valence-corrected chi connectivity index (χ4v) is 1.70. The molecule has 0 spiro atoms. The molecule has 0 unspecified atom stereocenters. The molecule has 0 aliphatic heterocycles. The van der Waals surface area contributed by atoms with Gasteiger partial charge in [0.15, 0.2) is 11.5 Å². The maximum absolute atomic E-state index is 5.62. The highest BCUT2D eigenvalue weighted by Crippen LogP contribution is 2.35. The molecular weight excluding hydrogens is 200 g/mol. The van der Waals surface area contributed by atoms with Crippen LogP contribution in [0.25, 0.3) is 10.8 Å². The van der Waals surface area contributed by atoms with E-state index in [1.54, 1.807) is 0 Å². The first-order valence-electron chi connectivity index (χ1n) is 5.43. The molecule has 0 N–H and O–H groups in total. The number of fused-ring (bicyclic) bond motifs is 1. The van der Waals surface area contributed by atoms with Crippen LogP contribution in [0.15, 0.2) is 36.4 Å². The zero-order chi connectivity index (χ0) is 11.4. The molecule has 2 nitrogen and oxygen atoms in total. The zero-order valence-electron chi connectivity index (χ0n) is 9.40. The summed E-state index contributed by atoms with van der Waals surface area (Å²) in [6.07, 6.45) is 0.976. The summed E-state index contributed by atoms with van der Waals surface area (Å²) >= 11 is 0. The lowest BCUT2D eigenvalue weighted by molar-refractivity contribution is 0.302. The van der Waals surface area contributed by atoms with Gasteiger partial charge in [-0.05, 0) is 17.9 Å². The second kappa shape index (κ2) is 4.88. The van der Waals surface area contributed by atoms with Crippen LogP contribution in [0.5, 0.6) is 11.5 Å². The van der Waals surface area contributed by atoms with Crippen LogP contribution in [0.4, 0.5) is 0 Å². The highest BCUT2D eigenvalue weighted by molar-refractivity contribution is 5.90. The van der Waals surface area contributed by atoms with Crippen LogP contribution < -0.4 is 9.47 Å². The summed E-state index contributed by atoms with van der Waals surface area (Å²) in [5.74, 6) is 1.47. The standard InChI is InChI=1S/C14H15O2/c1-3-10-16-13-9-8-11-6-4-5-7-12(11)14(13)15-2/h4-9H,2-3,10H2,1H3. The topological polar surface area (TPSA) is 18.5 Å². The minimum atomic E-state index is 0.689. The lowest BCUT2D eigenvalue weighted by Crippen LogP contribution is -1.97. The molecule has 0 amide bonds. The maximum atomic E-state index is 5.62. The highest BCUT2D eigenvalue weighted by Gasteiger charge is 2.08. The first-order valence-corrected chi connectivity index (χ1v) is 5.43. The van der Waals surface area contributed by atoms with E-state index in [1.165, 1.54) is 0 Å². The van der Waals surface area contributed by atoms with Crippen molar-refractivity contribution in [1.82, 2.24) is 0 Å². The van der Waals surface area contributed by atoms with Crippen molar-refractivity contribution >= 4 is 10.8 Å². The first kappa shape index (κ1) is 10.8. The van der Waals surface area contributed by atoms with Crippen molar-refractivity contribution in [2.24, 2.45) is 0 Å². The van der Waals surface area contributed by atoms with Gasteiger partial charge >= 0.3 is 0 Å². The Morgan fingerprint density at radius 1 is 1.12 bits per heavy atom. The number of hydrogen-bond acceptors (Lipinski definition) is 2. The smallest absolute Gasteiger partial charge is 0.169 e. The van der Waals surface area contributed by atoms with Crippen molar-refractivity contribution < 1.29 is 9.47 Å². The quantitative estimate of drug-likeness (QED) is 0.772. The second-order valence-corrected chi connectivity index (χ2v) is 3.61. The average Bonchev–Trinajstić information content (AvgIpc) is 2.35. The van der Waals surface area contributed by atoms with Gasteiger partial charge in [-0.15, -0.1) is 0 Å². The molecule has 0 fully saturated rings. The Morgan fingerprint density at radius 3 is 2.69 bits per heavy atom. The predicted octanol–water partition coefficient (Wildman–Crippen LogP) is 3.80. The molecule has 0 aliphatic rings. The van der Waals surface area contributed by atoms with Gasteiger partial charge in [0, 0.05) is 5.39 Å². The number of benzene rings is 2. The summed E-state index contributed by atoms with van der Waals surface area (Å²) in [7, 11) is 3.49. The van der Waals surface area contributed by atoms with E-state index in [-0.39, 0.29) is 0 Å². The third-order valence-corrected chi connectivity index (χ3v) is 2.45. The maximum Gasteiger partial charge on any atom is 0.169 e. The van der Waals surface area contributed by atoms with Crippen LogP contribution in [0.2, 0.25) is 0 Å². The molecule has 0 aromatic heterocycles. The molecule has 2 rings (SSSR count). The molecule has 1 radical (unpaired) electrons. The van der Waals surface area contributed by atoms with Gasteiger partial charge in [-0.25, -0.2) is 0 Å². The van der Waals surface area contributed by atoms with E-state index in [9.17, 15) is 0 Å².